The van der Waals surface area contributed by atoms with Gasteiger partial charge in [-0.15, -0.1) is 0 Å². The summed E-state index contributed by atoms with van der Waals surface area (Å²) in [6.45, 7) is 5.38. The number of carbonyl (C=O) groups excluding carboxylic acids is 1. The summed E-state index contributed by atoms with van der Waals surface area (Å²) >= 11 is 0. The van der Waals surface area contributed by atoms with Crippen molar-refractivity contribution >= 4 is 5.91 Å². The minimum absolute atomic E-state index is 0.107. The van der Waals surface area contributed by atoms with Crippen molar-refractivity contribution in [3.05, 3.63) is 0 Å². The Hall–Kier alpha value is -0.610. The molecule has 2 heterocycles. The highest BCUT2D eigenvalue weighted by Gasteiger charge is 2.41. The molecule has 1 amide bonds. The minimum atomic E-state index is -0.107. The average molecular weight is 266 g/mol. The van der Waals surface area contributed by atoms with E-state index in [1.807, 2.05) is 0 Å². The molecule has 2 saturated heterocycles. The standard InChI is InChI=1S/C15H26N2O2/c1-11-6-8-17(14-5-3-2-4-12(11)14)15(18)13-10-19-9-7-16-13/h11-14,16H,2-10H2,1H3. The number of hydrogen-bond acceptors (Lipinski definition) is 3. The van der Waals surface area contributed by atoms with Crippen LogP contribution in [0, 0.1) is 11.8 Å². The molecule has 19 heavy (non-hydrogen) atoms. The van der Waals surface area contributed by atoms with Gasteiger partial charge in [0.15, 0.2) is 0 Å². The molecular weight excluding hydrogens is 240 g/mol. The van der Waals surface area contributed by atoms with Crippen LogP contribution in [0.3, 0.4) is 0 Å². The van der Waals surface area contributed by atoms with Gasteiger partial charge < -0.3 is 15.0 Å². The number of ether oxygens (including phenoxy) is 1. The van der Waals surface area contributed by atoms with Crippen LogP contribution >= 0.6 is 0 Å². The van der Waals surface area contributed by atoms with Crippen LogP contribution < -0.4 is 5.32 Å². The molecular formula is C15H26N2O2. The molecule has 1 aliphatic carbocycles. The van der Waals surface area contributed by atoms with Gasteiger partial charge in [-0.3, -0.25) is 4.79 Å². The fraction of sp³-hybridized carbons (Fsp3) is 0.933. The van der Waals surface area contributed by atoms with Gasteiger partial charge in [-0.1, -0.05) is 19.8 Å². The van der Waals surface area contributed by atoms with E-state index < -0.39 is 0 Å². The number of hydrogen-bond donors (Lipinski definition) is 1. The maximum Gasteiger partial charge on any atom is 0.242 e. The molecule has 108 valence electrons. The number of piperidine rings is 1. The van der Waals surface area contributed by atoms with Crippen molar-refractivity contribution < 1.29 is 9.53 Å². The van der Waals surface area contributed by atoms with Crippen molar-refractivity contribution in [2.24, 2.45) is 11.8 Å². The highest BCUT2D eigenvalue weighted by Crippen LogP contribution is 2.38. The molecule has 3 fully saturated rings. The number of amides is 1. The molecule has 3 aliphatic rings. The van der Waals surface area contributed by atoms with Crippen molar-refractivity contribution in [3.63, 3.8) is 0 Å². The second kappa shape index (κ2) is 5.80. The van der Waals surface area contributed by atoms with Crippen LogP contribution in [-0.4, -0.2) is 49.2 Å². The Morgan fingerprint density at radius 3 is 2.89 bits per heavy atom. The van der Waals surface area contributed by atoms with Gasteiger partial charge in [0.1, 0.15) is 6.04 Å². The number of nitrogens with zero attached hydrogens (tertiary/aromatic N) is 1. The van der Waals surface area contributed by atoms with E-state index in [0.717, 1.165) is 31.5 Å². The molecule has 4 unspecified atom stereocenters. The molecule has 1 saturated carbocycles. The van der Waals surface area contributed by atoms with Gasteiger partial charge in [0.2, 0.25) is 5.91 Å². The van der Waals surface area contributed by atoms with E-state index in [1.165, 1.54) is 32.1 Å². The summed E-state index contributed by atoms with van der Waals surface area (Å²) in [5.74, 6) is 1.80. The lowest BCUT2D eigenvalue weighted by Crippen LogP contribution is -2.59. The van der Waals surface area contributed by atoms with Crippen LogP contribution in [0.2, 0.25) is 0 Å². The Kier molecular flexibility index (Phi) is 4.08. The van der Waals surface area contributed by atoms with Crippen LogP contribution in [0.5, 0.6) is 0 Å². The molecule has 4 heteroatoms. The third kappa shape index (κ3) is 2.65. The first-order valence-corrected chi connectivity index (χ1v) is 7.89. The average Bonchev–Trinajstić information content (AvgIpc) is 2.48. The summed E-state index contributed by atoms with van der Waals surface area (Å²) in [4.78, 5) is 14.9. The van der Waals surface area contributed by atoms with Crippen LogP contribution in [0.4, 0.5) is 0 Å². The zero-order valence-electron chi connectivity index (χ0n) is 11.9. The van der Waals surface area contributed by atoms with Crippen molar-refractivity contribution in [1.82, 2.24) is 10.2 Å². The molecule has 3 rings (SSSR count). The molecule has 0 aromatic rings. The van der Waals surface area contributed by atoms with Gasteiger partial charge in [0.25, 0.3) is 0 Å². The first-order valence-electron chi connectivity index (χ1n) is 7.89. The topological polar surface area (TPSA) is 41.6 Å². The highest BCUT2D eigenvalue weighted by atomic mass is 16.5. The van der Waals surface area contributed by atoms with Crippen molar-refractivity contribution in [2.45, 2.75) is 51.1 Å². The summed E-state index contributed by atoms with van der Waals surface area (Å²) in [5.41, 5.74) is 0. The van der Waals surface area contributed by atoms with Crippen LogP contribution in [0.25, 0.3) is 0 Å². The zero-order valence-corrected chi connectivity index (χ0v) is 11.9. The highest BCUT2D eigenvalue weighted by molar-refractivity contribution is 5.82. The van der Waals surface area contributed by atoms with Gasteiger partial charge >= 0.3 is 0 Å². The number of carbonyl (C=O) groups is 1. The number of likely N-dealkylation sites (tertiary alicyclic amines) is 1. The summed E-state index contributed by atoms with van der Waals surface area (Å²) in [5, 5.41) is 3.31. The van der Waals surface area contributed by atoms with Gasteiger partial charge in [-0.2, -0.15) is 0 Å². The summed E-state index contributed by atoms with van der Waals surface area (Å²) in [7, 11) is 0. The fourth-order valence-electron chi connectivity index (χ4n) is 4.11. The Morgan fingerprint density at radius 2 is 2.11 bits per heavy atom. The fourth-order valence-corrected chi connectivity index (χ4v) is 4.11. The van der Waals surface area contributed by atoms with E-state index in [1.54, 1.807) is 0 Å². The van der Waals surface area contributed by atoms with Gasteiger partial charge in [-0.25, -0.2) is 0 Å². The van der Waals surface area contributed by atoms with Crippen molar-refractivity contribution in [1.29, 1.82) is 0 Å². The molecule has 2 aliphatic heterocycles. The Balaban J connectivity index is 1.70. The number of rotatable bonds is 1. The smallest absolute Gasteiger partial charge is 0.242 e. The van der Waals surface area contributed by atoms with Crippen molar-refractivity contribution in [2.75, 3.05) is 26.3 Å². The lowest BCUT2D eigenvalue weighted by Gasteiger charge is -2.48. The number of morpholine rings is 1. The van der Waals surface area contributed by atoms with Crippen LogP contribution in [0.1, 0.15) is 39.0 Å². The van der Waals surface area contributed by atoms with E-state index in [9.17, 15) is 4.79 Å². The van der Waals surface area contributed by atoms with E-state index in [-0.39, 0.29) is 11.9 Å². The van der Waals surface area contributed by atoms with E-state index in [0.29, 0.717) is 12.6 Å². The summed E-state index contributed by atoms with van der Waals surface area (Å²) in [6, 6.07) is 0.387. The summed E-state index contributed by atoms with van der Waals surface area (Å²) in [6.07, 6.45) is 6.31. The third-order valence-electron chi connectivity index (χ3n) is 5.24. The Labute approximate surface area is 115 Å². The monoisotopic (exact) mass is 266 g/mol. The van der Waals surface area contributed by atoms with E-state index in [2.05, 4.69) is 17.1 Å². The molecule has 0 radical (unpaired) electrons. The lowest BCUT2D eigenvalue weighted by atomic mass is 9.72. The summed E-state index contributed by atoms with van der Waals surface area (Å²) < 4.78 is 5.44. The molecule has 0 bridgehead atoms. The first kappa shape index (κ1) is 13.4. The maximum atomic E-state index is 12.7. The molecule has 4 nitrogen and oxygen atoms in total. The molecule has 0 aromatic heterocycles. The third-order valence-corrected chi connectivity index (χ3v) is 5.24. The normalized spacial score (nSPS) is 39.7. The van der Waals surface area contributed by atoms with Gasteiger partial charge in [-0.05, 0) is 31.1 Å². The Bertz CT molecular complexity index is 328. The molecule has 4 atom stereocenters. The Morgan fingerprint density at radius 1 is 1.26 bits per heavy atom. The van der Waals surface area contributed by atoms with Gasteiger partial charge in [0, 0.05) is 19.1 Å². The minimum Gasteiger partial charge on any atom is -0.378 e. The SMILES string of the molecule is CC1CCN(C(=O)C2COCCN2)C2CCCCC12. The predicted molar refractivity (Wildman–Crippen MR) is 73.8 cm³/mol. The van der Waals surface area contributed by atoms with Gasteiger partial charge in [0.05, 0.1) is 13.2 Å². The second-order valence-electron chi connectivity index (χ2n) is 6.39. The quantitative estimate of drug-likeness (QED) is 0.780. The molecule has 0 aromatic carbocycles. The lowest BCUT2D eigenvalue weighted by molar-refractivity contribution is -0.144. The van der Waals surface area contributed by atoms with Crippen molar-refractivity contribution in [3.8, 4) is 0 Å². The zero-order chi connectivity index (χ0) is 13.2. The predicted octanol–water partition coefficient (Wildman–Crippen LogP) is 1.40. The van der Waals surface area contributed by atoms with E-state index in [4.69, 9.17) is 4.74 Å². The van der Waals surface area contributed by atoms with Crippen LogP contribution in [0.15, 0.2) is 0 Å². The van der Waals surface area contributed by atoms with E-state index >= 15 is 0 Å². The first-order chi connectivity index (χ1) is 9.27. The number of nitrogens with one attached hydrogen (secondary N) is 1. The maximum absolute atomic E-state index is 12.7. The number of fused-ring (bicyclic) bond motifs is 1. The second-order valence-corrected chi connectivity index (χ2v) is 6.39. The molecule has 1 N–H and O–H groups in total. The molecule has 0 spiro atoms. The largest absolute Gasteiger partial charge is 0.378 e. The van der Waals surface area contributed by atoms with Crippen LogP contribution in [-0.2, 0) is 9.53 Å².